The third-order valence-corrected chi connectivity index (χ3v) is 2.98. The Balaban J connectivity index is 2.11. The average Bonchev–Trinajstić information content (AvgIpc) is 2.55. The molecule has 1 aromatic rings. The first kappa shape index (κ1) is 12.7. The van der Waals surface area contributed by atoms with Crippen molar-refractivity contribution in [1.29, 1.82) is 0 Å². The number of carbonyl (C=O) groups is 1. The Morgan fingerprint density at radius 3 is 2.61 bits per heavy atom. The van der Waals surface area contributed by atoms with Crippen LogP contribution in [0, 0.1) is 0 Å². The van der Waals surface area contributed by atoms with Gasteiger partial charge in [-0.2, -0.15) is 0 Å². The van der Waals surface area contributed by atoms with Crippen molar-refractivity contribution in [3.05, 3.63) is 12.0 Å². The van der Waals surface area contributed by atoms with E-state index >= 15 is 0 Å². The molecule has 6 heteroatoms. The second-order valence-corrected chi connectivity index (χ2v) is 5.67. The Kier molecular flexibility index (Phi) is 2.96. The minimum absolute atomic E-state index is 0.460. The fourth-order valence-electron chi connectivity index (χ4n) is 2.05. The number of amides is 1. The molecule has 1 fully saturated rings. The van der Waals surface area contributed by atoms with Crippen molar-refractivity contribution < 1.29 is 14.1 Å². The Morgan fingerprint density at radius 2 is 2.22 bits per heavy atom. The summed E-state index contributed by atoms with van der Waals surface area (Å²) >= 11 is 0. The van der Waals surface area contributed by atoms with Crippen LogP contribution in [0.25, 0.3) is 0 Å². The molecule has 18 heavy (non-hydrogen) atoms. The van der Waals surface area contributed by atoms with Crippen LogP contribution in [0.5, 0.6) is 0 Å². The van der Waals surface area contributed by atoms with Gasteiger partial charge in [0.2, 0.25) is 0 Å². The van der Waals surface area contributed by atoms with Crippen LogP contribution >= 0.6 is 0 Å². The fraction of sp³-hybridized carbons (Fsp3) is 0.667. The summed E-state index contributed by atoms with van der Waals surface area (Å²) in [5, 5.41) is 6.51. The molecule has 0 aliphatic heterocycles. The van der Waals surface area contributed by atoms with E-state index in [4.69, 9.17) is 15.0 Å². The summed E-state index contributed by atoms with van der Waals surface area (Å²) in [6.07, 6.45) is 3.57. The second-order valence-electron chi connectivity index (χ2n) is 5.67. The molecule has 1 aliphatic rings. The van der Waals surface area contributed by atoms with E-state index in [2.05, 4.69) is 10.5 Å². The highest BCUT2D eigenvalue weighted by atomic mass is 16.6. The number of hydrogen-bond donors (Lipinski definition) is 2. The molecule has 1 heterocycles. The number of ether oxygens (including phenoxy) is 1. The van der Waals surface area contributed by atoms with E-state index in [1.165, 1.54) is 6.20 Å². The molecule has 0 saturated heterocycles. The third-order valence-electron chi connectivity index (χ3n) is 2.98. The van der Waals surface area contributed by atoms with Gasteiger partial charge < -0.3 is 20.3 Å². The molecule has 1 aromatic heterocycles. The number of hydrogen-bond acceptors (Lipinski definition) is 5. The quantitative estimate of drug-likeness (QED) is 0.842. The summed E-state index contributed by atoms with van der Waals surface area (Å²) in [6.45, 7) is 5.47. The molecule has 6 nitrogen and oxygen atoms in total. The zero-order chi connectivity index (χ0) is 13.4. The molecule has 0 spiro atoms. The highest BCUT2D eigenvalue weighted by Gasteiger charge is 2.45. The molecule has 3 N–H and O–H groups in total. The predicted octanol–water partition coefficient (Wildman–Crippen LogP) is 2.16. The van der Waals surface area contributed by atoms with Crippen LogP contribution in [0.1, 0.15) is 45.8 Å². The van der Waals surface area contributed by atoms with Gasteiger partial charge in [-0.05, 0) is 40.0 Å². The van der Waals surface area contributed by atoms with Crippen LogP contribution in [0.2, 0.25) is 0 Å². The van der Waals surface area contributed by atoms with Gasteiger partial charge in [-0.25, -0.2) is 4.79 Å². The van der Waals surface area contributed by atoms with Crippen LogP contribution < -0.4 is 11.1 Å². The van der Waals surface area contributed by atoms with Crippen LogP contribution in [0.4, 0.5) is 10.5 Å². The highest BCUT2D eigenvalue weighted by Crippen LogP contribution is 2.43. The Labute approximate surface area is 106 Å². The number of anilines is 1. The summed E-state index contributed by atoms with van der Waals surface area (Å²) in [7, 11) is 0. The van der Waals surface area contributed by atoms with Gasteiger partial charge in [-0.3, -0.25) is 0 Å². The summed E-state index contributed by atoms with van der Waals surface area (Å²) < 4.78 is 10.4. The maximum atomic E-state index is 11.8. The van der Waals surface area contributed by atoms with E-state index in [0.717, 1.165) is 19.3 Å². The first-order valence-corrected chi connectivity index (χ1v) is 6.04. The monoisotopic (exact) mass is 253 g/mol. The summed E-state index contributed by atoms with van der Waals surface area (Å²) in [4.78, 5) is 11.8. The van der Waals surface area contributed by atoms with Crippen LogP contribution in [-0.4, -0.2) is 16.9 Å². The number of nitrogens with one attached hydrogen (secondary N) is 1. The Bertz CT molecular complexity index is 444. The number of nitrogen functional groups attached to an aromatic ring is 1. The normalized spacial score (nSPS) is 17.9. The summed E-state index contributed by atoms with van der Waals surface area (Å²) in [6, 6.07) is 0. The van der Waals surface area contributed by atoms with Crippen molar-refractivity contribution in [1.82, 2.24) is 10.5 Å². The first-order chi connectivity index (χ1) is 8.32. The number of alkyl carbamates (subject to hydrolysis) is 1. The van der Waals surface area contributed by atoms with E-state index < -0.39 is 17.2 Å². The Morgan fingerprint density at radius 1 is 1.56 bits per heavy atom. The van der Waals surface area contributed by atoms with Gasteiger partial charge in [0.25, 0.3) is 0 Å². The lowest BCUT2D eigenvalue weighted by Gasteiger charge is -2.40. The standard InChI is InChI=1S/C12H19N3O3/c1-11(2,3)17-10(16)15-12(5-4-6-12)9-8(13)7-14-18-9/h7H,4-6,13H2,1-3H3,(H,15,16). The molecular formula is C12H19N3O3. The smallest absolute Gasteiger partial charge is 0.408 e. The van der Waals surface area contributed by atoms with Gasteiger partial charge in [0.05, 0.1) is 11.9 Å². The first-order valence-electron chi connectivity index (χ1n) is 6.04. The largest absolute Gasteiger partial charge is 0.444 e. The van der Waals surface area contributed by atoms with Gasteiger partial charge in [0, 0.05) is 0 Å². The number of aromatic nitrogens is 1. The van der Waals surface area contributed by atoms with Crippen LogP contribution in [0.15, 0.2) is 10.7 Å². The minimum atomic E-state index is -0.553. The molecule has 0 unspecified atom stereocenters. The molecule has 2 rings (SSSR count). The molecule has 1 aliphatic carbocycles. The van der Waals surface area contributed by atoms with Gasteiger partial charge in [-0.15, -0.1) is 0 Å². The molecule has 1 amide bonds. The maximum absolute atomic E-state index is 11.8. The summed E-state index contributed by atoms with van der Waals surface area (Å²) in [5.41, 5.74) is 5.18. The van der Waals surface area contributed by atoms with E-state index in [1.54, 1.807) is 0 Å². The number of rotatable bonds is 2. The second kappa shape index (κ2) is 4.19. The van der Waals surface area contributed by atoms with Crippen LogP contribution in [-0.2, 0) is 10.3 Å². The number of nitrogens with two attached hydrogens (primary N) is 1. The van der Waals surface area contributed by atoms with Crippen molar-refractivity contribution in [3.63, 3.8) is 0 Å². The molecule has 0 bridgehead atoms. The average molecular weight is 253 g/mol. The Hall–Kier alpha value is -1.72. The van der Waals surface area contributed by atoms with Crippen molar-refractivity contribution in [2.24, 2.45) is 0 Å². The van der Waals surface area contributed by atoms with E-state index in [1.807, 2.05) is 20.8 Å². The lowest BCUT2D eigenvalue weighted by Crippen LogP contribution is -2.52. The van der Waals surface area contributed by atoms with Crippen molar-refractivity contribution in [2.75, 3.05) is 5.73 Å². The van der Waals surface area contributed by atoms with Crippen molar-refractivity contribution >= 4 is 11.8 Å². The van der Waals surface area contributed by atoms with Gasteiger partial charge in [-0.1, -0.05) is 5.16 Å². The summed E-state index contributed by atoms with van der Waals surface area (Å²) in [5.74, 6) is 0.527. The van der Waals surface area contributed by atoms with Gasteiger partial charge >= 0.3 is 6.09 Å². The fourth-order valence-corrected chi connectivity index (χ4v) is 2.05. The molecule has 0 aromatic carbocycles. The lowest BCUT2D eigenvalue weighted by molar-refractivity contribution is 0.0335. The van der Waals surface area contributed by atoms with Crippen molar-refractivity contribution in [3.8, 4) is 0 Å². The molecule has 0 atom stereocenters. The van der Waals surface area contributed by atoms with Gasteiger partial charge in [0.1, 0.15) is 11.1 Å². The van der Waals surface area contributed by atoms with E-state index in [9.17, 15) is 4.79 Å². The third kappa shape index (κ3) is 2.42. The SMILES string of the molecule is CC(C)(C)OC(=O)NC1(c2oncc2N)CCC1. The lowest BCUT2D eigenvalue weighted by atomic mass is 9.74. The minimum Gasteiger partial charge on any atom is -0.444 e. The van der Waals surface area contributed by atoms with E-state index in [-0.39, 0.29) is 0 Å². The zero-order valence-corrected chi connectivity index (χ0v) is 10.9. The number of nitrogens with zero attached hydrogens (tertiary/aromatic N) is 1. The maximum Gasteiger partial charge on any atom is 0.408 e. The number of carbonyl (C=O) groups excluding carboxylic acids is 1. The van der Waals surface area contributed by atoms with Crippen LogP contribution in [0.3, 0.4) is 0 Å². The van der Waals surface area contributed by atoms with Crippen molar-refractivity contribution in [2.45, 2.75) is 51.2 Å². The van der Waals surface area contributed by atoms with Gasteiger partial charge in [0.15, 0.2) is 5.76 Å². The molecule has 0 radical (unpaired) electrons. The highest BCUT2D eigenvalue weighted by molar-refractivity contribution is 5.70. The van der Waals surface area contributed by atoms with E-state index in [0.29, 0.717) is 11.4 Å². The topological polar surface area (TPSA) is 90.4 Å². The molecule has 100 valence electrons. The molecule has 1 saturated carbocycles. The predicted molar refractivity (Wildman–Crippen MR) is 65.8 cm³/mol. The molecular weight excluding hydrogens is 234 g/mol. The zero-order valence-electron chi connectivity index (χ0n) is 10.9.